The van der Waals surface area contributed by atoms with Crippen molar-refractivity contribution in [3.63, 3.8) is 0 Å². The number of esters is 1. The van der Waals surface area contributed by atoms with Crippen molar-refractivity contribution in [3.8, 4) is 22.9 Å². The monoisotopic (exact) mass is 372 g/mol. The first-order chi connectivity index (χ1) is 13.1. The van der Waals surface area contributed by atoms with Crippen molar-refractivity contribution in [3.05, 3.63) is 59.7 Å². The number of aromatic nitrogens is 2. The van der Waals surface area contributed by atoms with Crippen molar-refractivity contribution in [2.45, 2.75) is 13.0 Å². The molecule has 0 fully saturated rings. The van der Waals surface area contributed by atoms with Gasteiger partial charge in [0, 0.05) is 5.56 Å². The Kier molecular flexibility index (Phi) is 5.65. The molecule has 0 radical (unpaired) electrons. The summed E-state index contributed by atoms with van der Waals surface area (Å²) in [4.78, 5) is 16.1. The summed E-state index contributed by atoms with van der Waals surface area (Å²) in [6.07, 6.45) is -0.0855. The van der Waals surface area contributed by atoms with Gasteiger partial charge in [0.25, 0.3) is 5.89 Å². The summed E-state index contributed by atoms with van der Waals surface area (Å²) in [6, 6.07) is 11.5. The highest BCUT2D eigenvalue weighted by Gasteiger charge is 2.13. The van der Waals surface area contributed by atoms with Crippen LogP contribution in [0.1, 0.15) is 11.5 Å². The number of halogens is 1. The molecule has 27 heavy (non-hydrogen) atoms. The van der Waals surface area contributed by atoms with Crippen LogP contribution < -0.4 is 9.47 Å². The molecule has 0 saturated carbocycles. The van der Waals surface area contributed by atoms with E-state index in [9.17, 15) is 9.18 Å². The van der Waals surface area contributed by atoms with Gasteiger partial charge in [-0.2, -0.15) is 4.98 Å². The van der Waals surface area contributed by atoms with E-state index in [1.807, 2.05) is 0 Å². The first-order valence-corrected chi connectivity index (χ1v) is 8.04. The summed E-state index contributed by atoms with van der Waals surface area (Å²) in [5.74, 6) is 0.211. The zero-order valence-electron chi connectivity index (χ0n) is 14.8. The minimum absolute atomic E-state index is 0.0855. The molecule has 0 spiro atoms. The van der Waals surface area contributed by atoms with Crippen molar-refractivity contribution in [1.29, 1.82) is 0 Å². The summed E-state index contributed by atoms with van der Waals surface area (Å²) in [7, 11) is 2.94. The quantitative estimate of drug-likeness (QED) is 0.589. The van der Waals surface area contributed by atoms with Crippen molar-refractivity contribution in [2.24, 2.45) is 0 Å². The normalized spacial score (nSPS) is 10.5. The van der Waals surface area contributed by atoms with Crippen LogP contribution in [0.25, 0.3) is 11.4 Å². The number of carbonyl (C=O) groups excluding carboxylic acids is 1. The van der Waals surface area contributed by atoms with Gasteiger partial charge in [-0.15, -0.1) is 0 Å². The highest BCUT2D eigenvalue weighted by molar-refractivity contribution is 5.72. The first-order valence-electron chi connectivity index (χ1n) is 8.04. The standard InChI is InChI=1S/C19H17FN2O5/c1-24-14-5-3-4-13(10-14)19-21-17(27-22-19)11-26-18(23)9-12-6-7-16(25-2)15(20)8-12/h3-8,10H,9,11H2,1-2H3. The fraction of sp³-hybridized carbons (Fsp3) is 0.211. The molecule has 0 amide bonds. The second kappa shape index (κ2) is 8.31. The number of carbonyl (C=O) groups is 1. The van der Waals surface area contributed by atoms with Gasteiger partial charge in [-0.25, -0.2) is 4.39 Å². The smallest absolute Gasteiger partial charge is 0.310 e. The molecule has 0 aliphatic rings. The lowest BCUT2D eigenvalue weighted by atomic mass is 10.1. The van der Waals surface area contributed by atoms with E-state index in [0.29, 0.717) is 22.7 Å². The average Bonchev–Trinajstić information content (AvgIpc) is 3.16. The Morgan fingerprint density at radius 1 is 1.15 bits per heavy atom. The summed E-state index contributed by atoms with van der Waals surface area (Å²) < 4.78 is 33.8. The van der Waals surface area contributed by atoms with Gasteiger partial charge >= 0.3 is 5.97 Å². The second-order valence-electron chi connectivity index (χ2n) is 5.55. The number of ether oxygens (including phenoxy) is 3. The minimum atomic E-state index is -0.541. The molecule has 0 saturated heterocycles. The summed E-state index contributed by atoms with van der Waals surface area (Å²) in [5.41, 5.74) is 1.19. The van der Waals surface area contributed by atoms with Crippen LogP contribution in [-0.2, 0) is 22.6 Å². The molecule has 1 aromatic heterocycles. The van der Waals surface area contributed by atoms with Crippen LogP contribution in [0.4, 0.5) is 4.39 Å². The maximum Gasteiger partial charge on any atom is 0.310 e. The fourth-order valence-electron chi connectivity index (χ4n) is 2.37. The van der Waals surface area contributed by atoms with Crippen LogP contribution in [0, 0.1) is 5.82 Å². The Labute approximate surface area is 154 Å². The molecule has 140 valence electrons. The van der Waals surface area contributed by atoms with Gasteiger partial charge in [-0.05, 0) is 29.8 Å². The summed E-state index contributed by atoms with van der Waals surface area (Å²) in [6.45, 7) is -0.172. The third kappa shape index (κ3) is 4.60. The van der Waals surface area contributed by atoms with Gasteiger partial charge in [-0.3, -0.25) is 4.79 Å². The zero-order valence-corrected chi connectivity index (χ0v) is 14.8. The molecule has 0 bridgehead atoms. The van der Waals surface area contributed by atoms with E-state index >= 15 is 0 Å². The van der Waals surface area contributed by atoms with Crippen LogP contribution in [0.15, 0.2) is 47.0 Å². The fourth-order valence-corrected chi connectivity index (χ4v) is 2.37. The predicted molar refractivity (Wildman–Crippen MR) is 92.7 cm³/mol. The van der Waals surface area contributed by atoms with E-state index in [2.05, 4.69) is 10.1 Å². The van der Waals surface area contributed by atoms with Gasteiger partial charge in [0.15, 0.2) is 18.2 Å². The largest absolute Gasteiger partial charge is 0.497 e. The van der Waals surface area contributed by atoms with Crippen molar-refractivity contribution in [2.75, 3.05) is 14.2 Å². The number of hydrogen-bond donors (Lipinski definition) is 0. The van der Waals surface area contributed by atoms with E-state index in [-0.39, 0.29) is 24.7 Å². The average molecular weight is 372 g/mol. The Morgan fingerprint density at radius 2 is 2.00 bits per heavy atom. The lowest BCUT2D eigenvalue weighted by molar-refractivity contribution is -0.144. The Hall–Kier alpha value is -3.42. The number of hydrogen-bond acceptors (Lipinski definition) is 7. The first kappa shape index (κ1) is 18.4. The highest BCUT2D eigenvalue weighted by atomic mass is 19.1. The SMILES string of the molecule is COc1cccc(-c2noc(COC(=O)Cc3ccc(OC)c(F)c3)n2)c1. The molecule has 3 aromatic rings. The van der Waals surface area contributed by atoms with Gasteiger partial charge < -0.3 is 18.7 Å². The third-order valence-corrected chi connectivity index (χ3v) is 3.72. The molecule has 0 aliphatic carbocycles. The van der Waals surface area contributed by atoms with Gasteiger partial charge in [0.1, 0.15) is 5.75 Å². The Balaban J connectivity index is 1.58. The van der Waals surface area contributed by atoms with Crippen LogP contribution in [0.3, 0.4) is 0 Å². The lowest BCUT2D eigenvalue weighted by Gasteiger charge is -2.05. The predicted octanol–water partition coefficient (Wildman–Crippen LogP) is 3.18. The molecule has 0 N–H and O–H groups in total. The molecule has 0 atom stereocenters. The molecular weight excluding hydrogens is 355 g/mol. The highest BCUT2D eigenvalue weighted by Crippen LogP contribution is 2.21. The Bertz CT molecular complexity index is 941. The number of benzene rings is 2. The van der Waals surface area contributed by atoms with Crippen LogP contribution in [-0.4, -0.2) is 30.3 Å². The van der Waals surface area contributed by atoms with Crippen molar-refractivity contribution >= 4 is 5.97 Å². The summed E-state index contributed by atoms with van der Waals surface area (Å²) in [5, 5.41) is 3.86. The van der Waals surface area contributed by atoms with Gasteiger partial charge in [0.05, 0.1) is 20.6 Å². The van der Waals surface area contributed by atoms with Crippen LogP contribution in [0.2, 0.25) is 0 Å². The molecule has 7 nitrogen and oxygen atoms in total. The Morgan fingerprint density at radius 3 is 2.74 bits per heavy atom. The maximum atomic E-state index is 13.7. The number of methoxy groups -OCH3 is 2. The van der Waals surface area contributed by atoms with E-state index in [0.717, 1.165) is 0 Å². The van der Waals surface area contributed by atoms with E-state index in [1.165, 1.54) is 19.2 Å². The second-order valence-corrected chi connectivity index (χ2v) is 5.55. The molecule has 0 aliphatic heterocycles. The minimum Gasteiger partial charge on any atom is -0.497 e. The van der Waals surface area contributed by atoms with E-state index < -0.39 is 11.8 Å². The molecular formula is C19H17FN2O5. The van der Waals surface area contributed by atoms with Crippen molar-refractivity contribution in [1.82, 2.24) is 10.1 Å². The number of rotatable bonds is 7. The zero-order chi connectivity index (χ0) is 19.2. The van der Waals surface area contributed by atoms with Gasteiger partial charge in [0.2, 0.25) is 5.82 Å². The molecule has 8 heteroatoms. The molecule has 0 unspecified atom stereocenters. The third-order valence-electron chi connectivity index (χ3n) is 3.72. The van der Waals surface area contributed by atoms with E-state index in [4.69, 9.17) is 18.7 Å². The van der Waals surface area contributed by atoms with Gasteiger partial charge in [-0.1, -0.05) is 23.4 Å². The summed E-state index contributed by atoms with van der Waals surface area (Å²) >= 11 is 0. The molecule has 1 heterocycles. The molecule has 3 rings (SSSR count). The maximum absolute atomic E-state index is 13.7. The van der Waals surface area contributed by atoms with Crippen molar-refractivity contribution < 1.29 is 27.9 Å². The lowest BCUT2D eigenvalue weighted by Crippen LogP contribution is -2.08. The van der Waals surface area contributed by atoms with E-state index in [1.54, 1.807) is 37.4 Å². The topological polar surface area (TPSA) is 83.7 Å². The number of nitrogens with zero attached hydrogens (tertiary/aromatic N) is 2. The molecule has 2 aromatic carbocycles. The van der Waals surface area contributed by atoms with Crippen LogP contribution >= 0.6 is 0 Å². The van der Waals surface area contributed by atoms with Crippen LogP contribution in [0.5, 0.6) is 11.5 Å².